The molecule has 1 N–H and O–H groups in total. The number of aryl methyl sites for hydroxylation is 1. The fourth-order valence-corrected chi connectivity index (χ4v) is 3.18. The van der Waals surface area contributed by atoms with E-state index in [1.54, 1.807) is 0 Å². The summed E-state index contributed by atoms with van der Waals surface area (Å²) >= 11 is 0. The van der Waals surface area contributed by atoms with Gasteiger partial charge in [-0.2, -0.15) is 0 Å². The molecule has 5 heteroatoms. The number of aromatic nitrogens is 3. The van der Waals surface area contributed by atoms with Crippen LogP contribution in [0, 0.1) is 0 Å². The van der Waals surface area contributed by atoms with Gasteiger partial charge in [-0.05, 0) is 45.7 Å². The predicted molar refractivity (Wildman–Crippen MR) is 74.9 cm³/mol. The molecule has 1 unspecified atom stereocenters. The maximum absolute atomic E-state index is 4.34. The molecule has 3 heterocycles. The first-order valence-electron chi connectivity index (χ1n) is 7.69. The second-order valence-electron chi connectivity index (χ2n) is 5.93. The molecule has 1 aromatic heterocycles. The van der Waals surface area contributed by atoms with Gasteiger partial charge in [-0.15, -0.1) is 10.2 Å². The molecule has 2 aliphatic heterocycles. The molecule has 0 spiro atoms. The van der Waals surface area contributed by atoms with E-state index in [-0.39, 0.29) is 0 Å². The molecule has 5 nitrogen and oxygen atoms in total. The third kappa shape index (κ3) is 3.15. The standard InChI is InChI=1S/C14H25N5/c1-12(11-18-7-4-5-8-18)15-10-14-17-16-13-6-2-3-9-19(13)14/h12,15H,2-11H2,1H3. The summed E-state index contributed by atoms with van der Waals surface area (Å²) in [7, 11) is 0. The molecule has 1 saturated heterocycles. The van der Waals surface area contributed by atoms with Crippen LogP contribution in [0.1, 0.15) is 44.3 Å². The third-order valence-electron chi connectivity index (χ3n) is 4.28. The zero-order chi connectivity index (χ0) is 13.1. The SMILES string of the molecule is CC(CN1CCCC1)NCc1nnc2n1CCCC2. The van der Waals surface area contributed by atoms with E-state index < -0.39 is 0 Å². The van der Waals surface area contributed by atoms with Crippen molar-refractivity contribution in [3.8, 4) is 0 Å². The monoisotopic (exact) mass is 263 g/mol. The van der Waals surface area contributed by atoms with Crippen molar-refractivity contribution in [1.82, 2.24) is 25.0 Å². The first-order valence-corrected chi connectivity index (χ1v) is 7.69. The van der Waals surface area contributed by atoms with E-state index in [0.717, 1.165) is 31.9 Å². The lowest BCUT2D eigenvalue weighted by molar-refractivity contribution is 0.296. The van der Waals surface area contributed by atoms with Crippen LogP contribution in [0.3, 0.4) is 0 Å². The van der Waals surface area contributed by atoms with Crippen LogP contribution < -0.4 is 5.32 Å². The second kappa shape index (κ2) is 6.01. The minimum atomic E-state index is 0.523. The number of nitrogens with zero attached hydrogens (tertiary/aromatic N) is 4. The molecule has 1 aromatic rings. The second-order valence-corrected chi connectivity index (χ2v) is 5.93. The Balaban J connectivity index is 1.49. The Labute approximate surface area is 115 Å². The van der Waals surface area contributed by atoms with E-state index in [2.05, 4.69) is 31.9 Å². The smallest absolute Gasteiger partial charge is 0.147 e. The van der Waals surface area contributed by atoms with Crippen LogP contribution in [0.5, 0.6) is 0 Å². The van der Waals surface area contributed by atoms with Crippen molar-refractivity contribution >= 4 is 0 Å². The average molecular weight is 263 g/mol. The van der Waals surface area contributed by atoms with Gasteiger partial charge >= 0.3 is 0 Å². The first kappa shape index (κ1) is 13.1. The van der Waals surface area contributed by atoms with Crippen molar-refractivity contribution < 1.29 is 0 Å². The van der Waals surface area contributed by atoms with E-state index in [1.165, 1.54) is 44.6 Å². The van der Waals surface area contributed by atoms with Crippen LogP contribution >= 0.6 is 0 Å². The number of hydrogen-bond acceptors (Lipinski definition) is 4. The number of likely N-dealkylation sites (tertiary alicyclic amines) is 1. The van der Waals surface area contributed by atoms with Gasteiger partial charge in [0.1, 0.15) is 11.6 Å². The van der Waals surface area contributed by atoms with Crippen LogP contribution in [0.25, 0.3) is 0 Å². The Bertz CT molecular complexity index is 408. The molecule has 0 bridgehead atoms. The molecular weight excluding hydrogens is 238 g/mol. The fraction of sp³-hybridized carbons (Fsp3) is 0.857. The molecule has 3 rings (SSSR count). The zero-order valence-electron chi connectivity index (χ0n) is 11.9. The van der Waals surface area contributed by atoms with Crippen LogP contribution in [-0.2, 0) is 19.5 Å². The van der Waals surface area contributed by atoms with E-state index in [0.29, 0.717) is 6.04 Å². The van der Waals surface area contributed by atoms with Gasteiger partial charge in [0.2, 0.25) is 0 Å². The molecule has 0 amide bonds. The van der Waals surface area contributed by atoms with Crippen molar-refractivity contribution in [3.63, 3.8) is 0 Å². The summed E-state index contributed by atoms with van der Waals surface area (Å²) in [5, 5.41) is 12.2. The fourth-order valence-electron chi connectivity index (χ4n) is 3.18. The predicted octanol–water partition coefficient (Wildman–Crippen LogP) is 1.19. The number of rotatable bonds is 5. The van der Waals surface area contributed by atoms with Gasteiger partial charge in [0, 0.05) is 25.6 Å². The normalized spacial score (nSPS) is 21.5. The average Bonchev–Trinajstić information content (AvgIpc) is 3.05. The highest BCUT2D eigenvalue weighted by Gasteiger charge is 2.17. The Kier molecular flexibility index (Phi) is 4.13. The van der Waals surface area contributed by atoms with Gasteiger partial charge in [0.25, 0.3) is 0 Å². The van der Waals surface area contributed by atoms with Gasteiger partial charge in [-0.25, -0.2) is 0 Å². The van der Waals surface area contributed by atoms with Crippen LogP contribution in [-0.4, -0.2) is 45.3 Å². The maximum atomic E-state index is 4.34. The van der Waals surface area contributed by atoms with Gasteiger partial charge in [-0.1, -0.05) is 0 Å². The molecular formula is C14H25N5. The lowest BCUT2D eigenvalue weighted by Crippen LogP contribution is -2.38. The highest BCUT2D eigenvalue weighted by molar-refractivity contribution is 4.98. The number of fused-ring (bicyclic) bond motifs is 1. The minimum Gasteiger partial charge on any atom is -0.314 e. The molecule has 2 aliphatic rings. The zero-order valence-corrected chi connectivity index (χ0v) is 11.9. The lowest BCUT2D eigenvalue weighted by atomic mass is 10.1. The summed E-state index contributed by atoms with van der Waals surface area (Å²) < 4.78 is 2.30. The molecule has 106 valence electrons. The quantitative estimate of drug-likeness (QED) is 0.867. The lowest BCUT2D eigenvalue weighted by Gasteiger charge is -2.21. The highest BCUT2D eigenvalue weighted by Crippen LogP contribution is 2.14. The summed E-state index contributed by atoms with van der Waals surface area (Å²) in [5.41, 5.74) is 0. The first-order chi connectivity index (χ1) is 9.33. The minimum absolute atomic E-state index is 0.523. The van der Waals surface area contributed by atoms with Crippen LogP contribution in [0.2, 0.25) is 0 Å². The summed E-state index contributed by atoms with van der Waals surface area (Å²) in [6.45, 7) is 7.91. The topological polar surface area (TPSA) is 46.0 Å². The van der Waals surface area contributed by atoms with Crippen molar-refractivity contribution in [2.45, 2.75) is 58.2 Å². The van der Waals surface area contributed by atoms with Gasteiger partial charge in [0.15, 0.2) is 0 Å². The van der Waals surface area contributed by atoms with Gasteiger partial charge < -0.3 is 14.8 Å². The number of nitrogens with one attached hydrogen (secondary N) is 1. The molecule has 0 saturated carbocycles. The summed E-state index contributed by atoms with van der Waals surface area (Å²) in [6, 6.07) is 0.523. The van der Waals surface area contributed by atoms with Crippen LogP contribution in [0.15, 0.2) is 0 Å². The summed E-state index contributed by atoms with van der Waals surface area (Å²) in [4.78, 5) is 2.55. The van der Waals surface area contributed by atoms with E-state index in [4.69, 9.17) is 0 Å². The molecule has 1 atom stereocenters. The molecule has 0 aromatic carbocycles. The summed E-state index contributed by atoms with van der Waals surface area (Å²) in [5.74, 6) is 2.29. The molecule has 0 aliphatic carbocycles. The largest absolute Gasteiger partial charge is 0.314 e. The van der Waals surface area contributed by atoms with E-state index in [9.17, 15) is 0 Å². The summed E-state index contributed by atoms with van der Waals surface area (Å²) in [6.07, 6.45) is 6.35. The van der Waals surface area contributed by atoms with Crippen molar-refractivity contribution in [3.05, 3.63) is 11.6 Å². The number of hydrogen-bond donors (Lipinski definition) is 1. The third-order valence-corrected chi connectivity index (χ3v) is 4.28. The molecule has 1 fully saturated rings. The van der Waals surface area contributed by atoms with Gasteiger partial charge in [0.05, 0.1) is 6.54 Å². The Hall–Kier alpha value is -0.940. The Morgan fingerprint density at radius 2 is 1.89 bits per heavy atom. The van der Waals surface area contributed by atoms with E-state index in [1.807, 2.05) is 0 Å². The Morgan fingerprint density at radius 3 is 2.74 bits per heavy atom. The maximum Gasteiger partial charge on any atom is 0.147 e. The molecule has 19 heavy (non-hydrogen) atoms. The van der Waals surface area contributed by atoms with Crippen LogP contribution in [0.4, 0.5) is 0 Å². The highest BCUT2D eigenvalue weighted by atomic mass is 15.3. The Morgan fingerprint density at radius 1 is 1.11 bits per heavy atom. The van der Waals surface area contributed by atoms with Crippen molar-refractivity contribution in [2.75, 3.05) is 19.6 Å². The van der Waals surface area contributed by atoms with Crippen molar-refractivity contribution in [2.24, 2.45) is 0 Å². The van der Waals surface area contributed by atoms with Gasteiger partial charge in [-0.3, -0.25) is 0 Å². The van der Waals surface area contributed by atoms with E-state index >= 15 is 0 Å². The van der Waals surface area contributed by atoms with Crippen molar-refractivity contribution in [1.29, 1.82) is 0 Å². The molecule has 0 radical (unpaired) electrons.